The largest absolute Gasteiger partial charge is 0.206 e. The molecule has 5 heteroatoms. The summed E-state index contributed by atoms with van der Waals surface area (Å²) in [4.78, 5) is 0. The maximum absolute atomic E-state index is 13.8. The van der Waals surface area contributed by atoms with Crippen molar-refractivity contribution in [3.8, 4) is 6.07 Å². The molecule has 2 rings (SSSR count). The van der Waals surface area contributed by atoms with Crippen LogP contribution in [0, 0.1) is 23.0 Å². The number of nitriles is 1. The third kappa shape index (κ3) is 2.82. The normalized spacial score (nSPS) is 11.8. The van der Waals surface area contributed by atoms with Gasteiger partial charge < -0.3 is 0 Å². The van der Waals surface area contributed by atoms with Crippen molar-refractivity contribution in [1.29, 1.82) is 5.26 Å². The zero-order valence-electron chi connectivity index (χ0n) is 10.0. The van der Waals surface area contributed by atoms with Gasteiger partial charge in [-0.05, 0) is 17.7 Å². The molecule has 0 radical (unpaired) electrons. The minimum Gasteiger partial charge on any atom is -0.206 e. The molecule has 0 spiro atoms. The fourth-order valence-electron chi connectivity index (χ4n) is 1.67. The van der Waals surface area contributed by atoms with Crippen LogP contribution in [0.3, 0.4) is 0 Å². The highest BCUT2D eigenvalue weighted by atomic mass is 35.5. The Hall–Kier alpha value is -1.89. The first-order valence-corrected chi connectivity index (χ1v) is 6.30. The molecule has 100 valence electrons. The minimum atomic E-state index is -0.799. The van der Waals surface area contributed by atoms with E-state index in [1.165, 1.54) is 0 Å². The molecule has 0 aromatic heterocycles. The Balaban J connectivity index is 2.64. The highest BCUT2D eigenvalue weighted by molar-refractivity contribution is 6.53. The van der Waals surface area contributed by atoms with Crippen LogP contribution in [-0.4, -0.2) is 0 Å². The maximum atomic E-state index is 13.8. The third-order valence-corrected chi connectivity index (χ3v) is 3.32. The van der Waals surface area contributed by atoms with Crippen LogP contribution in [0.4, 0.5) is 8.78 Å². The van der Waals surface area contributed by atoms with Gasteiger partial charge in [-0.15, -0.1) is 0 Å². The fraction of sp³-hybridized carbons (Fsp3) is 0. The minimum absolute atomic E-state index is 0.0629. The number of halogens is 4. The Kier molecular flexibility index (Phi) is 4.39. The van der Waals surface area contributed by atoms with Gasteiger partial charge in [-0.1, -0.05) is 53.5 Å². The second-order valence-electron chi connectivity index (χ2n) is 3.91. The van der Waals surface area contributed by atoms with Gasteiger partial charge in [-0.25, -0.2) is 8.78 Å². The topological polar surface area (TPSA) is 23.8 Å². The Bertz CT molecular complexity index is 719. The molecule has 0 N–H and O–H groups in total. The smallest absolute Gasteiger partial charge is 0.142 e. The molecule has 20 heavy (non-hydrogen) atoms. The van der Waals surface area contributed by atoms with E-state index < -0.39 is 11.6 Å². The SMILES string of the molecule is N#C/C(=C(\Cl)c1cc(F)c(Cl)cc1F)c1ccccc1. The highest BCUT2D eigenvalue weighted by Gasteiger charge is 2.16. The van der Waals surface area contributed by atoms with E-state index in [9.17, 15) is 14.0 Å². The fourth-order valence-corrected chi connectivity index (χ4v) is 2.12. The number of nitrogens with zero attached hydrogens (tertiary/aromatic N) is 1. The first-order valence-electron chi connectivity index (χ1n) is 5.54. The summed E-state index contributed by atoms with van der Waals surface area (Å²) in [7, 11) is 0. The molecule has 0 saturated heterocycles. The van der Waals surface area contributed by atoms with Crippen LogP contribution in [0.2, 0.25) is 5.02 Å². The van der Waals surface area contributed by atoms with Crippen molar-refractivity contribution in [3.05, 3.63) is 70.2 Å². The lowest BCUT2D eigenvalue weighted by Gasteiger charge is -2.07. The maximum Gasteiger partial charge on any atom is 0.142 e. The lowest BCUT2D eigenvalue weighted by atomic mass is 10.0. The summed E-state index contributed by atoms with van der Waals surface area (Å²) in [5.74, 6) is -1.59. The van der Waals surface area contributed by atoms with Crippen LogP contribution in [0.5, 0.6) is 0 Å². The van der Waals surface area contributed by atoms with Crippen molar-refractivity contribution < 1.29 is 8.78 Å². The number of hydrogen-bond acceptors (Lipinski definition) is 1. The van der Waals surface area contributed by atoms with Crippen LogP contribution in [0.15, 0.2) is 42.5 Å². The lowest BCUT2D eigenvalue weighted by molar-refractivity contribution is 0.598. The second-order valence-corrected chi connectivity index (χ2v) is 4.70. The van der Waals surface area contributed by atoms with Crippen molar-refractivity contribution in [2.75, 3.05) is 0 Å². The average Bonchev–Trinajstić information content (AvgIpc) is 2.44. The van der Waals surface area contributed by atoms with E-state index in [1.54, 1.807) is 30.3 Å². The van der Waals surface area contributed by atoms with Crippen molar-refractivity contribution >= 4 is 33.8 Å². The summed E-state index contributed by atoms with van der Waals surface area (Å²) in [5.41, 5.74) is 0.386. The van der Waals surface area contributed by atoms with E-state index in [0.29, 0.717) is 5.56 Å². The predicted molar refractivity (Wildman–Crippen MR) is 76.1 cm³/mol. The van der Waals surface area contributed by atoms with Gasteiger partial charge in [-0.3, -0.25) is 0 Å². The highest BCUT2D eigenvalue weighted by Crippen LogP contribution is 2.32. The van der Waals surface area contributed by atoms with Gasteiger partial charge in [0.15, 0.2) is 0 Å². The number of allylic oxidation sites excluding steroid dienone is 1. The molecule has 0 fully saturated rings. The zero-order chi connectivity index (χ0) is 14.7. The number of benzene rings is 2. The van der Waals surface area contributed by atoms with Crippen molar-refractivity contribution in [1.82, 2.24) is 0 Å². The molecule has 0 aliphatic rings. The monoisotopic (exact) mass is 309 g/mol. The Morgan fingerprint density at radius 2 is 1.70 bits per heavy atom. The molecular weight excluding hydrogens is 303 g/mol. The molecule has 0 saturated carbocycles. The van der Waals surface area contributed by atoms with Crippen LogP contribution in [-0.2, 0) is 0 Å². The van der Waals surface area contributed by atoms with E-state index >= 15 is 0 Å². The van der Waals surface area contributed by atoms with E-state index in [1.807, 2.05) is 6.07 Å². The molecule has 0 aliphatic heterocycles. The lowest BCUT2D eigenvalue weighted by Crippen LogP contribution is -1.92. The summed E-state index contributed by atoms with van der Waals surface area (Å²) in [6.07, 6.45) is 0. The first-order chi connectivity index (χ1) is 9.54. The standard InChI is InChI=1S/C15H7Cl2F2N/c16-12-7-13(18)10(6-14(12)19)15(17)11(8-20)9-4-2-1-3-5-9/h1-7H/b15-11+. The molecule has 0 aliphatic carbocycles. The first kappa shape index (κ1) is 14.5. The van der Waals surface area contributed by atoms with Crippen molar-refractivity contribution in [2.24, 2.45) is 0 Å². The van der Waals surface area contributed by atoms with Gasteiger partial charge in [0.05, 0.1) is 15.6 Å². The average molecular weight is 310 g/mol. The van der Waals surface area contributed by atoms with Gasteiger partial charge in [0.2, 0.25) is 0 Å². The molecule has 0 heterocycles. The zero-order valence-corrected chi connectivity index (χ0v) is 11.5. The second kappa shape index (κ2) is 6.04. The van der Waals surface area contributed by atoms with Gasteiger partial charge in [0, 0.05) is 5.56 Å². The molecule has 1 nitrogen and oxygen atoms in total. The van der Waals surface area contributed by atoms with Gasteiger partial charge in [0.25, 0.3) is 0 Å². The summed E-state index contributed by atoms with van der Waals surface area (Å²) >= 11 is 11.5. The molecule has 2 aromatic rings. The van der Waals surface area contributed by atoms with Crippen LogP contribution in [0.1, 0.15) is 11.1 Å². The van der Waals surface area contributed by atoms with E-state index in [4.69, 9.17) is 23.2 Å². The Morgan fingerprint density at radius 3 is 2.30 bits per heavy atom. The number of rotatable bonds is 2. The molecular formula is C15H7Cl2F2N. The molecule has 0 amide bonds. The summed E-state index contributed by atoms with van der Waals surface area (Å²) in [6.45, 7) is 0. The van der Waals surface area contributed by atoms with Gasteiger partial charge in [-0.2, -0.15) is 5.26 Å². The Labute approximate surface area is 124 Å². The molecule has 0 atom stereocenters. The van der Waals surface area contributed by atoms with E-state index in [-0.39, 0.29) is 21.2 Å². The van der Waals surface area contributed by atoms with E-state index in [0.717, 1.165) is 12.1 Å². The third-order valence-electron chi connectivity index (χ3n) is 2.64. The van der Waals surface area contributed by atoms with Crippen LogP contribution < -0.4 is 0 Å². The van der Waals surface area contributed by atoms with Gasteiger partial charge in [0.1, 0.15) is 17.7 Å². The molecule has 2 aromatic carbocycles. The van der Waals surface area contributed by atoms with Gasteiger partial charge >= 0.3 is 0 Å². The van der Waals surface area contributed by atoms with Crippen molar-refractivity contribution in [2.45, 2.75) is 0 Å². The van der Waals surface area contributed by atoms with Crippen LogP contribution in [0.25, 0.3) is 10.6 Å². The molecule has 0 bridgehead atoms. The summed E-state index contributed by atoms with van der Waals surface area (Å²) < 4.78 is 27.2. The van der Waals surface area contributed by atoms with Crippen molar-refractivity contribution in [3.63, 3.8) is 0 Å². The summed E-state index contributed by atoms with van der Waals surface area (Å²) in [6, 6.07) is 12.1. The molecule has 0 unspecified atom stereocenters. The summed E-state index contributed by atoms with van der Waals surface area (Å²) in [5, 5.41) is 8.69. The quantitative estimate of drug-likeness (QED) is 0.422. The Morgan fingerprint density at radius 1 is 1.05 bits per heavy atom. The predicted octanol–water partition coefficient (Wildman–Crippen LogP) is 5.25. The number of hydrogen-bond donors (Lipinski definition) is 0. The van der Waals surface area contributed by atoms with E-state index in [2.05, 4.69) is 0 Å². The van der Waals surface area contributed by atoms with Crippen LogP contribution >= 0.6 is 23.2 Å².